The summed E-state index contributed by atoms with van der Waals surface area (Å²) in [5.74, 6) is -0.515. The lowest BCUT2D eigenvalue weighted by atomic mass is 10.2. The van der Waals surface area contributed by atoms with Crippen LogP contribution in [-0.2, 0) is 4.79 Å². The molecular weight excluding hydrogens is 156 g/mol. The molecule has 4 nitrogen and oxygen atoms in total. The minimum absolute atomic E-state index is 0.568. The molecule has 0 aliphatic heterocycles. The first-order valence-corrected chi connectivity index (χ1v) is 4.05. The standard InChI is InChI=1S/C6H14N2.C2H4O2/c1-2-3-4-5-6(7)8;1-2(3)4/h2-5H2,1H3,(H3,7,8);1H3,(H,3,4). The number of carboxylic acids is 1. The summed E-state index contributed by atoms with van der Waals surface area (Å²) in [4.78, 5) is 8.89. The lowest BCUT2D eigenvalue weighted by molar-refractivity contribution is -0.302. The van der Waals surface area contributed by atoms with E-state index in [4.69, 9.17) is 21.0 Å². The van der Waals surface area contributed by atoms with Gasteiger partial charge in [-0.2, -0.15) is 0 Å². The molecule has 0 unspecified atom stereocenters. The predicted molar refractivity (Wildman–Crippen MR) is 45.9 cm³/mol. The number of aliphatic carboxylic acids is 1. The summed E-state index contributed by atoms with van der Waals surface area (Å²) < 4.78 is 0. The van der Waals surface area contributed by atoms with Crippen molar-refractivity contribution >= 4 is 11.8 Å². The number of amidine groups is 1. The van der Waals surface area contributed by atoms with Gasteiger partial charge < -0.3 is 9.90 Å². The average Bonchev–Trinajstić information content (AvgIpc) is 1.86. The van der Waals surface area contributed by atoms with Crippen LogP contribution < -0.4 is 16.2 Å². The van der Waals surface area contributed by atoms with Gasteiger partial charge in [0.2, 0.25) is 5.84 Å². The van der Waals surface area contributed by atoms with Gasteiger partial charge in [0.1, 0.15) is 0 Å². The molecule has 4 heteroatoms. The summed E-state index contributed by atoms with van der Waals surface area (Å²) in [7, 11) is 0. The Kier molecular flexibility index (Phi) is 11.2. The highest BCUT2D eigenvalue weighted by atomic mass is 16.4. The second-order valence-corrected chi connectivity index (χ2v) is 2.52. The van der Waals surface area contributed by atoms with E-state index in [9.17, 15) is 0 Å². The van der Waals surface area contributed by atoms with Crippen LogP contribution in [0.15, 0.2) is 0 Å². The fourth-order valence-corrected chi connectivity index (χ4v) is 0.579. The van der Waals surface area contributed by atoms with Crippen molar-refractivity contribution in [3.05, 3.63) is 0 Å². The molecule has 12 heavy (non-hydrogen) atoms. The van der Waals surface area contributed by atoms with Gasteiger partial charge in [0, 0.05) is 12.4 Å². The zero-order valence-corrected chi connectivity index (χ0v) is 7.80. The van der Waals surface area contributed by atoms with Gasteiger partial charge in [0.15, 0.2) is 0 Å². The smallest absolute Gasteiger partial charge is 0.238 e. The summed E-state index contributed by atoms with van der Waals surface area (Å²) in [6.45, 7) is 3.13. The number of carbonyl (C=O) groups is 1. The Hall–Kier alpha value is -1.06. The number of unbranched alkanes of at least 4 members (excludes halogenated alkanes) is 2. The van der Waals surface area contributed by atoms with Crippen molar-refractivity contribution in [1.29, 1.82) is 0 Å². The highest BCUT2D eigenvalue weighted by molar-refractivity contribution is 5.73. The molecule has 0 aliphatic rings. The van der Waals surface area contributed by atoms with Crippen LogP contribution in [0.4, 0.5) is 0 Å². The maximum Gasteiger partial charge on any atom is 0.238 e. The van der Waals surface area contributed by atoms with Crippen molar-refractivity contribution in [2.24, 2.45) is 5.73 Å². The lowest BCUT2D eigenvalue weighted by Crippen LogP contribution is -2.45. The normalized spacial score (nSPS) is 8.17. The fraction of sp³-hybridized carbons (Fsp3) is 0.750. The van der Waals surface area contributed by atoms with Crippen LogP contribution in [-0.4, -0.2) is 11.8 Å². The Bertz CT molecular complexity index is 131. The van der Waals surface area contributed by atoms with E-state index in [1.54, 1.807) is 0 Å². The molecule has 0 saturated carbocycles. The van der Waals surface area contributed by atoms with E-state index in [1.807, 2.05) is 0 Å². The van der Waals surface area contributed by atoms with E-state index in [1.165, 1.54) is 12.8 Å². The Morgan fingerprint density at radius 3 is 2.17 bits per heavy atom. The number of carbonyl (C=O) groups excluding carboxylic acids is 1. The molecule has 0 heterocycles. The Balaban J connectivity index is 0. The summed E-state index contributed by atoms with van der Waals surface area (Å²) in [5.41, 5.74) is 5.23. The summed E-state index contributed by atoms with van der Waals surface area (Å²) >= 11 is 0. The maximum atomic E-state index is 8.89. The molecule has 0 bridgehead atoms. The van der Waals surface area contributed by atoms with Crippen LogP contribution in [0.3, 0.4) is 0 Å². The fourth-order valence-electron chi connectivity index (χ4n) is 0.579. The van der Waals surface area contributed by atoms with Crippen molar-refractivity contribution in [3.63, 3.8) is 0 Å². The van der Waals surface area contributed by atoms with Crippen molar-refractivity contribution in [2.75, 3.05) is 0 Å². The number of hydrogen-bond donors (Lipinski definition) is 2. The SMILES string of the molecule is CC(=O)[O-].CCCCCC(N)=[NH2+]. The first kappa shape index (κ1) is 13.5. The monoisotopic (exact) mass is 174 g/mol. The second-order valence-electron chi connectivity index (χ2n) is 2.52. The van der Waals surface area contributed by atoms with Crippen molar-refractivity contribution in [3.8, 4) is 0 Å². The van der Waals surface area contributed by atoms with Crippen LogP contribution in [0, 0.1) is 0 Å². The molecule has 0 aromatic carbocycles. The van der Waals surface area contributed by atoms with Gasteiger partial charge in [0.25, 0.3) is 0 Å². The third kappa shape index (κ3) is 36.3. The molecule has 0 aromatic heterocycles. The van der Waals surface area contributed by atoms with Crippen molar-refractivity contribution < 1.29 is 15.3 Å². The Morgan fingerprint density at radius 1 is 1.50 bits per heavy atom. The van der Waals surface area contributed by atoms with Gasteiger partial charge in [-0.05, 0) is 13.3 Å². The minimum Gasteiger partial charge on any atom is -0.550 e. The maximum absolute atomic E-state index is 8.89. The van der Waals surface area contributed by atoms with Gasteiger partial charge in [-0.15, -0.1) is 0 Å². The molecule has 4 N–H and O–H groups in total. The summed E-state index contributed by atoms with van der Waals surface area (Å²) in [6.07, 6.45) is 4.48. The first-order chi connectivity index (χ1) is 5.50. The Labute approximate surface area is 73.3 Å². The highest BCUT2D eigenvalue weighted by Gasteiger charge is 1.91. The van der Waals surface area contributed by atoms with Crippen LogP contribution in [0.2, 0.25) is 0 Å². The minimum atomic E-state index is -1.08. The van der Waals surface area contributed by atoms with E-state index in [0.29, 0.717) is 5.84 Å². The molecule has 72 valence electrons. The molecule has 0 spiro atoms. The second kappa shape index (κ2) is 9.94. The zero-order chi connectivity index (χ0) is 9.98. The summed E-state index contributed by atoms with van der Waals surface area (Å²) in [6, 6.07) is 0. The van der Waals surface area contributed by atoms with Crippen molar-refractivity contribution in [2.45, 2.75) is 39.5 Å². The van der Waals surface area contributed by atoms with Crippen LogP contribution in [0.25, 0.3) is 0 Å². The quantitative estimate of drug-likeness (QED) is 0.307. The number of carboxylic acid groups (broad SMARTS) is 1. The van der Waals surface area contributed by atoms with Gasteiger partial charge in [-0.25, -0.2) is 0 Å². The molecule has 0 amide bonds. The summed E-state index contributed by atoms with van der Waals surface area (Å²) in [5, 5.41) is 14.1. The highest BCUT2D eigenvalue weighted by Crippen LogP contribution is 1.95. The Morgan fingerprint density at radius 2 is 1.92 bits per heavy atom. The van der Waals surface area contributed by atoms with Gasteiger partial charge in [-0.1, -0.05) is 19.8 Å². The average molecular weight is 174 g/mol. The topological polar surface area (TPSA) is 91.7 Å². The van der Waals surface area contributed by atoms with Gasteiger partial charge in [0.05, 0.1) is 0 Å². The molecule has 0 aromatic rings. The molecule has 0 radical (unpaired) electrons. The first-order valence-electron chi connectivity index (χ1n) is 4.05. The van der Waals surface area contributed by atoms with Crippen LogP contribution in [0.5, 0.6) is 0 Å². The van der Waals surface area contributed by atoms with Crippen LogP contribution in [0.1, 0.15) is 39.5 Å². The lowest BCUT2D eigenvalue weighted by Gasteiger charge is -1.89. The predicted octanol–water partition coefficient (Wildman–Crippen LogP) is -1.56. The zero-order valence-electron chi connectivity index (χ0n) is 7.80. The molecule has 0 rings (SSSR count). The van der Waals surface area contributed by atoms with Gasteiger partial charge in [-0.3, -0.25) is 11.1 Å². The largest absolute Gasteiger partial charge is 0.550 e. The third-order valence-electron chi connectivity index (χ3n) is 1.07. The number of rotatable bonds is 4. The van der Waals surface area contributed by atoms with E-state index >= 15 is 0 Å². The van der Waals surface area contributed by atoms with E-state index in [-0.39, 0.29) is 0 Å². The van der Waals surface area contributed by atoms with E-state index in [0.717, 1.165) is 19.8 Å². The van der Waals surface area contributed by atoms with Gasteiger partial charge >= 0.3 is 0 Å². The number of hydrogen-bond acceptors (Lipinski definition) is 2. The molecule has 0 aliphatic carbocycles. The van der Waals surface area contributed by atoms with E-state index in [2.05, 4.69) is 6.92 Å². The van der Waals surface area contributed by atoms with Crippen LogP contribution >= 0.6 is 0 Å². The molecular formula is C8H18N2O2. The molecule has 0 atom stereocenters. The molecule has 0 fully saturated rings. The third-order valence-corrected chi connectivity index (χ3v) is 1.07. The van der Waals surface area contributed by atoms with E-state index < -0.39 is 5.97 Å². The van der Waals surface area contributed by atoms with Crippen molar-refractivity contribution in [1.82, 2.24) is 0 Å². The number of nitrogens with two attached hydrogens (primary N) is 2. The molecule has 0 saturated heterocycles.